The number of halogens is 1. The van der Waals surface area contributed by atoms with E-state index in [1.807, 2.05) is 6.07 Å². The van der Waals surface area contributed by atoms with Crippen molar-refractivity contribution in [2.24, 2.45) is 11.8 Å². The van der Waals surface area contributed by atoms with Crippen LogP contribution in [0.2, 0.25) is 5.02 Å². The van der Waals surface area contributed by atoms with Crippen molar-refractivity contribution in [3.63, 3.8) is 0 Å². The molecule has 0 aromatic heterocycles. The molecule has 1 atom stereocenters. The quantitative estimate of drug-likeness (QED) is 0.805. The summed E-state index contributed by atoms with van der Waals surface area (Å²) in [6, 6.07) is 6.85. The molecule has 2 rings (SSSR count). The minimum atomic E-state index is 0.595. The van der Waals surface area contributed by atoms with Crippen LogP contribution in [0, 0.1) is 11.8 Å². The lowest BCUT2D eigenvalue weighted by molar-refractivity contribution is 0.550. The molecule has 1 aliphatic rings. The van der Waals surface area contributed by atoms with E-state index in [4.69, 9.17) is 11.6 Å². The average Bonchev–Trinajstić information content (AvgIpc) is 3.22. The zero-order chi connectivity index (χ0) is 14.7. The predicted molar refractivity (Wildman–Crippen MR) is 88.6 cm³/mol. The molecular weight excluding hydrogens is 268 g/mol. The van der Waals surface area contributed by atoms with Crippen molar-refractivity contribution in [2.45, 2.75) is 46.2 Å². The van der Waals surface area contributed by atoms with Crippen LogP contribution in [0.25, 0.3) is 0 Å². The Hall–Kier alpha value is -0.730. The predicted octanol–water partition coefficient (Wildman–Crippen LogP) is 4.32. The van der Waals surface area contributed by atoms with Crippen LogP contribution in [0.3, 0.4) is 0 Å². The van der Waals surface area contributed by atoms with Gasteiger partial charge in [0.2, 0.25) is 0 Å². The highest BCUT2D eigenvalue weighted by molar-refractivity contribution is 6.30. The summed E-state index contributed by atoms with van der Waals surface area (Å²) in [6.07, 6.45) is 2.74. The first-order chi connectivity index (χ1) is 9.49. The van der Waals surface area contributed by atoms with Crippen LogP contribution in [-0.2, 0) is 6.54 Å². The van der Waals surface area contributed by atoms with E-state index in [2.05, 4.69) is 50.2 Å². The zero-order valence-electron chi connectivity index (χ0n) is 13.1. The molecule has 0 heterocycles. The van der Waals surface area contributed by atoms with Gasteiger partial charge in [0.1, 0.15) is 0 Å². The summed E-state index contributed by atoms with van der Waals surface area (Å²) < 4.78 is 0. The van der Waals surface area contributed by atoms with Crippen LogP contribution in [0.5, 0.6) is 0 Å². The number of benzene rings is 1. The Bertz CT molecular complexity index is 441. The standard InChI is InChI=1S/C17H27ClN2/c1-12(2)10-19-11-15-7-8-16(18)9-17(15)20(4)13(3)14-5-6-14/h7-9,12-14,19H,5-6,10-11H2,1-4H3. The average molecular weight is 295 g/mol. The summed E-state index contributed by atoms with van der Waals surface area (Å²) >= 11 is 6.20. The molecule has 3 heteroatoms. The molecule has 1 aliphatic carbocycles. The molecular formula is C17H27ClN2. The lowest BCUT2D eigenvalue weighted by Crippen LogP contribution is -2.32. The van der Waals surface area contributed by atoms with Crippen molar-refractivity contribution < 1.29 is 0 Å². The van der Waals surface area contributed by atoms with Crippen molar-refractivity contribution in [3.05, 3.63) is 28.8 Å². The Morgan fingerprint density at radius 3 is 2.60 bits per heavy atom. The van der Waals surface area contributed by atoms with Gasteiger partial charge in [-0.1, -0.05) is 31.5 Å². The maximum Gasteiger partial charge on any atom is 0.0426 e. The number of hydrogen-bond acceptors (Lipinski definition) is 2. The van der Waals surface area contributed by atoms with E-state index >= 15 is 0 Å². The maximum atomic E-state index is 6.20. The molecule has 0 saturated heterocycles. The first kappa shape index (κ1) is 15.7. The lowest BCUT2D eigenvalue weighted by Gasteiger charge is -2.29. The van der Waals surface area contributed by atoms with Crippen molar-refractivity contribution in [1.82, 2.24) is 5.32 Å². The van der Waals surface area contributed by atoms with Crippen LogP contribution >= 0.6 is 11.6 Å². The topological polar surface area (TPSA) is 15.3 Å². The summed E-state index contributed by atoms with van der Waals surface area (Å²) in [4.78, 5) is 2.40. The molecule has 0 spiro atoms. The number of nitrogens with zero attached hydrogens (tertiary/aromatic N) is 1. The number of rotatable bonds is 7. The van der Waals surface area contributed by atoms with Crippen molar-refractivity contribution >= 4 is 17.3 Å². The Kier molecular flexibility index (Phi) is 5.34. The molecule has 112 valence electrons. The third-order valence-electron chi connectivity index (χ3n) is 4.21. The van der Waals surface area contributed by atoms with E-state index < -0.39 is 0 Å². The summed E-state index contributed by atoms with van der Waals surface area (Å²) in [5.74, 6) is 1.53. The Labute approximate surface area is 128 Å². The molecule has 1 N–H and O–H groups in total. The first-order valence-electron chi connectivity index (χ1n) is 7.71. The second kappa shape index (κ2) is 6.82. The molecule has 1 aromatic rings. The van der Waals surface area contributed by atoms with Gasteiger partial charge in [-0.15, -0.1) is 0 Å². The van der Waals surface area contributed by atoms with Gasteiger partial charge in [-0.05, 0) is 55.8 Å². The van der Waals surface area contributed by atoms with Crippen molar-refractivity contribution in [1.29, 1.82) is 0 Å². The van der Waals surface area contributed by atoms with Crippen molar-refractivity contribution in [3.8, 4) is 0 Å². The number of anilines is 1. The van der Waals surface area contributed by atoms with Crippen LogP contribution in [0.15, 0.2) is 18.2 Å². The normalized spacial score (nSPS) is 16.5. The SMILES string of the molecule is CC(C)CNCc1ccc(Cl)cc1N(C)C(C)C1CC1. The molecule has 1 aromatic carbocycles. The van der Waals surface area contributed by atoms with E-state index in [1.165, 1.54) is 24.1 Å². The van der Waals surface area contributed by atoms with E-state index in [-0.39, 0.29) is 0 Å². The Balaban J connectivity index is 2.10. The Morgan fingerprint density at radius 2 is 2.00 bits per heavy atom. The second-order valence-corrected chi connectivity index (χ2v) is 6.92. The molecule has 1 unspecified atom stereocenters. The largest absolute Gasteiger partial charge is 0.371 e. The van der Waals surface area contributed by atoms with Gasteiger partial charge in [0.25, 0.3) is 0 Å². The molecule has 20 heavy (non-hydrogen) atoms. The first-order valence-corrected chi connectivity index (χ1v) is 8.08. The Morgan fingerprint density at radius 1 is 1.30 bits per heavy atom. The lowest BCUT2D eigenvalue weighted by atomic mass is 10.1. The van der Waals surface area contributed by atoms with Crippen LogP contribution in [-0.4, -0.2) is 19.6 Å². The number of hydrogen-bond donors (Lipinski definition) is 1. The fourth-order valence-electron chi connectivity index (χ4n) is 2.62. The smallest absolute Gasteiger partial charge is 0.0426 e. The monoisotopic (exact) mass is 294 g/mol. The minimum Gasteiger partial charge on any atom is -0.371 e. The number of nitrogens with one attached hydrogen (secondary N) is 1. The highest BCUT2D eigenvalue weighted by atomic mass is 35.5. The highest BCUT2D eigenvalue weighted by Gasteiger charge is 2.31. The van der Waals surface area contributed by atoms with Gasteiger partial charge in [0, 0.05) is 30.3 Å². The molecule has 2 nitrogen and oxygen atoms in total. The zero-order valence-corrected chi connectivity index (χ0v) is 13.9. The molecule has 0 bridgehead atoms. The summed E-state index contributed by atoms with van der Waals surface area (Å²) in [7, 11) is 2.20. The van der Waals surface area contributed by atoms with Gasteiger partial charge in [-0.25, -0.2) is 0 Å². The van der Waals surface area contributed by atoms with E-state index in [1.54, 1.807) is 0 Å². The minimum absolute atomic E-state index is 0.595. The van der Waals surface area contributed by atoms with Crippen LogP contribution in [0.1, 0.15) is 39.2 Å². The van der Waals surface area contributed by atoms with Gasteiger partial charge >= 0.3 is 0 Å². The molecule has 0 amide bonds. The third kappa shape index (κ3) is 4.13. The van der Waals surface area contributed by atoms with Gasteiger partial charge in [0.05, 0.1) is 0 Å². The highest BCUT2D eigenvalue weighted by Crippen LogP contribution is 2.37. The fourth-order valence-corrected chi connectivity index (χ4v) is 2.79. The molecule has 1 saturated carbocycles. The fraction of sp³-hybridized carbons (Fsp3) is 0.647. The molecule has 1 fully saturated rings. The molecule has 0 radical (unpaired) electrons. The maximum absolute atomic E-state index is 6.20. The van der Waals surface area contributed by atoms with Gasteiger partial charge in [-0.3, -0.25) is 0 Å². The van der Waals surface area contributed by atoms with Gasteiger partial charge < -0.3 is 10.2 Å². The summed E-state index contributed by atoms with van der Waals surface area (Å²) in [5.41, 5.74) is 2.61. The van der Waals surface area contributed by atoms with Crippen LogP contribution < -0.4 is 10.2 Å². The van der Waals surface area contributed by atoms with Gasteiger partial charge in [0.15, 0.2) is 0 Å². The second-order valence-electron chi connectivity index (χ2n) is 6.49. The van der Waals surface area contributed by atoms with E-state index in [0.717, 1.165) is 24.0 Å². The van der Waals surface area contributed by atoms with Crippen molar-refractivity contribution in [2.75, 3.05) is 18.5 Å². The van der Waals surface area contributed by atoms with E-state index in [0.29, 0.717) is 12.0 Å². The third-order valence-corrected chi connectivity index (χ3v) is 4.45. The van der Waals surface area contributed by atoms with Crippen LogP contribution in [0.4, 0.5) is 5.69 Å². The molecule has 0 aliphatic heterocycles. The van der Waals surface area contributed by atoms with Gasteiger partial charge in [-0.2, -0.15) is 0 Å². The van der Waals surface area contributed by atoms with E-state index in [9.17, 15) is 0 Å². The summed E-state index contributed by atoms with van der Waals surface area (Å²) in [5, 5.41) is 4.35. The summed E-state index contributed by atoms with van der Waals surface area (Å²) in [6.45, 7) is 8.74.